The van der Waals surface area contributed by atoms with Gasteiger partial charge in [-0.1, -0.05) is 6.92 Å². The Hall–Kier alpha value is -2.92. The molecule has 2 unspecified atom stereocenters. The molecule has 0 radical (unpaired) electrons. The van der Waals surface area contributed by atoms with Crippen molar-refractivity contribution in [2.24, 2.45) is 5.92 Å². The third-order valence-electron chi connectivity index (χ3n) is 6.88. The van der Waals surface area contributed by atoms with Crippen molar-refractivity contribution in [3.63, 3.8) is 0 Å². The first-order chi connectivity index (χ1) is 17.1. The molecule has 0 saturated heterocycles. The van der Waals surface area contributed by atoms with Gasteiger partial charge in [0.2, 0.25) is 0 Å². The van der Waals surface area contributed by atoms with Crippen molar-refractivity contribution < 1.29 is 37.1 Å². The fourth-order valence-electron chi connectivity index (χ4n) is 5.29. The summed E-state index contributed by atoms with van der Waals surface area (Å²) in [6.45, 7) is 2.06. The van der Waals surface area contributed by atoms with E-state index in [-0.39, 0.29) is 40.6 Å². The van der Waals surface area contributed by atoms with Crippen LogP contribution in [0.3, 0.4) is 0 Å². The fourth-order valence-corrected chi connectivity index (χ4v) is 5.83. The molecule has 1 amide bonds. The third-order valence-corrected chi connectivity index (χ3v) is 7.62. The van der Waals surface area contributed by atoms with Crippen LogP contribution < -0.4 is 4.90 Å². The zero-order valence-corrected chi connectivity index (χ0v) is 20.1. The maximum absolute atomic E-state index is 14.4. The summed E-state index contributed by atoms with van der Waals surface area (Å²) in [5, 5.41) is 9.78. The second-order valence-electron chi connectivity index (χ2n) is 8.79. The average molecular weight is 525 g/mol. The predicted octanol–water partition coefficient (Wildman–Crippen LogP) is 5.28. The van der Waals surface area contributed by atoms with Gasteiger partial charge in [0.15, 0.2) is 0 Å². The number of carbonyl (C=O) groups is 3. The van der Waals surface area contributed by atoms with Crippen LogP contribution in [0.2, 0.25) is 0 Å². The van der Waals surface area contributed by atoms with Crippen molar-refractivity contribution in [2.75, 3.05) is 11.4 Å². The van der Waals surface area contributed by atoms with Crippen molar-refractivity contribution in [3.8, 4) is 0 Å². The molecule has 4 atom stereocenters. The molecule has 2 aromatic rings. The molecule has 0 aromatic heterocycles. The third kappa shape index (κ3) is 4.99. The number of aldehydes is 1. The lowest BCUT2D eigenvalue weighted by molar-refractivity contribution is -0.146. The Kier molecular flexibility index (Phi) is 7.42. The number of hydrogen-bond donors (Lipinski definition) is 1. The molecule has 1 aliphatic carbocycles. The lowest BCUT2D eigenvalue weighted by Crippen LogP contribution is -2.60. The number of anilines is 1. The molecule has 192 valence electrons. The predicted molar refractivity (Wildman–Crippen MR) is 125 cm³/mol. The topological polar surface area (TPSA) is 77.9 Å². The number of thioether (sulfide) groups is 1. The SMILES string of the molecule is CCN(C(CC=O)C(=O)O)C1c2cc(F)ccc2N(C(=O)c2ccc(SC(F)(F)F)cc2)[C@H]2CC[C@@H]12. The van der Waals surface area contributed by atoms with Crippen molar-refractivity contribution in [1.82, 2.24) is 4.90 Å². The van der Waals surface area contributed by atoms with Gasteiger partial charge >= 0.3 is 11.5 Å². The number of rotatable bonds is 8. The minimum atomic E-state index is -4.45. The second kappa shape index (κ2) is 10.2. The van der Waals surface area contributed by atoms with Gasteiger partial charge in [0, 0.05) is 34.7 Å². The van der Waals surface area contributed by atoms with Gasteiger partial charge in [0.25, 0.3) is 5.91 Å². The standard InChI is InChI=1S/C25H24F4N2O4S/c1-2-30(21(11-12-32)24(34)35)22-17-8-10-19(17)31(20-9-5-15(26)13-18(20)22)23(33)14-3-6-16(7-4-14)36-25(27,28)29/h3-7,9,12-13,17,19,21-22H,2,8,10-11H2,1H3,(H,34,35)/t17-,19+,21?,22?/m1/s1. The minimum absolute atomic E-state index is 0.0461. The zero-order valence-electron chi connectivity index (χ0n) is 19.2. The van der Waals surface area contributed by atoms with Crippen LogP contribution in [0.4, 0.5) is 23.2 Å². The maximum Gasteiger partial charge on any atom is 0.446 e. The van der Waals surface area contributed by atoms with E-state index in [0.29, 0.717) is 36.9 Å². The first kappa shape index (κ1) is 26.2. The molecule has 6 nitrogen and oxygen atoms in total. The van der Waals surface area contributed by atoms with Gasteiger partial charge < -0.3 is 14.8 Å². The van der Waals surface area contributed by atoms with Crippen LogP contribution in [0.25, 0.3) is 0 Å². The summed E-state index contributed by atoms with van der Waals surface area (Å²) in [6.07, 6.45) is 1.62. The maximum atomic E-state index is 14.4. The van der Waals surface area contributed by atoms with E-state index in [0.717, 1.165) is 0 Å². The smallest absolute Gasteiger partial charge is 0.446 e. The first-order valence-electron chi connectivity index (χ1n) is 11.5. The van der Waals surface area contributed by atoms with Gasteiger partial charge in [-0.25, -0.2) is 4.39 Å². The molecule has 4 rings (SSSR count). The molecule has 1 N–H and O–H groups in total. The molecule has 36 heavy (non-hydrogen) atoms. The molecule has 1 fully saturated rings. The van der Waals surface area contributed by atoms with Crippen LogP contribution >= 0.6 is 11.8 Å². The van der Waals surface area contributed by atoms with Gasteiger partial charge in [-0.05, 0) is 85.1 Å². The Morgan fingerprint density at radius 1 is 1.19 bits per heavy atom. The van der Waals surface area contributed by atoms with Crippen molar-refractivity contribution in [1.29, 1.82) is 0 Å². The number of likely N-dealkylation sites (N-methyl/N-ethyl adjacent to an activating group) is 1. The first-order valence-corrected chi connectivity index (χ1v) is 12.3. The summed E-state index contributed by atoms with van der Waals surface area (Å²) in [7, 11) is 0. The van der Waals surface area contributed by atoms with Gasteiger partial charge in [0.1, 0.15) is 18.1 Å². The largest absolute Gasteiger partial charge is 0.480 e. The van der Waals surface area contributed by atoms with E-state index in [1.807, 2.05) is 0 Å². The van der Waals surface area contributed by atoms with E-state index in [1.165, 1.54) is 42.5 Å². The summed E-state index contributed by atoms with van der Waals surface area (Å²) in [5.41, 5.74) is -3.38. The number of nitrogens with zero attached hydrogens (tertiary/aromatic N) is 2. The number of amides is 1. The molecule has 0 bridgehead atoms. The van der Waals surface area contributed by atoms with Crippen molar-refractivity contribution in [2.45, 2.75) is 54.7 Å². The van der Waals surface area contributed by atoms with E-state index < -0.39 is 35.3 Å². The van der Waals surface area contributed by atoms with Crippen molar-refractivity contribution >= 4 is 35.6 Å². The molecule has 1 saturated carbocycles. The van der Waals surface area contributed by atoms with Crippen molar-refractivity contribution in [3.05, 3.63) is 59.4 Å². The Bertz CT molecular complexity index is 1160. The molecular weight excluding hydrogens is 500 g/mol. The molecular formula is C25H24F4N2O4S. The molecule has 2 aliphatic rings. The fraction of sp³-hybridized carbons (Fsp3) is 0.400. The van der Waals surface area contributed by atoms with Crippen LogP contribution in [0.1, 0.15) is 48.1 Å². The summed E-state index contributed by atoms with van der Waals surface area (Å²) in [5.74, 6) is -2.33. The molecule has 1 aliphatic heterocycles. The summed E-state index contributed by atoms with van der Waals surface area (Å²) in [4.78, 5) is 39.9. The van der Waals surface area contributed by atoms with E-state index in [4.69, 9.17) is 0 Å². The number of carboxylic acid groups (broad SMARTS) is 1. The van der Waals surface area contributed by atoms with Gasteiger partial charge in [-0.2, -0.15) is 13.2 Å². The second-order valence-corrected chi connectivity index (χ2v) is 9.93. The Balaban J connectivity index is 1.73. The average Bonchev–Trinajstić information content (AvgIpc) is 2.79. The van der Waals surface area contributed by atoms with Crippen LogP contribution in [0.5, 0.6) is 0 Å². The Morgan fingerprint density at radius 2 is 1.89 bits per heavy atom. The van der Waals surface area contributed by atoms with Crippen LogP contribution in [-0.2, 0) is 9.59 Å². The molecule has 11 heteroatoms. The number of fused-ring (bicyclic) bond motifs is 2. The normalized spacial score (nSPS) is 21.8. The van der Waals surface area contributed by atoms with Crippen LogP contribution in [0.15, 0.2) is 47.4 Å². The zero-order chi connectivity index (χ0) is 26.2. The van der Waals surface area contributed by atoms with Crippen LogP contribution in [-0.4, -0.2) is 52.3 Å². The highest BCUT2D eigenvalue weighted by Crippen LogP contribution is 2.53. The number of carbonyl (C=O) groups excluding carboxylic acids is 2. The molecule has 2 aromatic carbocycles. The lowest BCUT2D eigenvalue weighted by atomic mass is 9.67. The highest BCUT2D eigenvalue weighted by molar-refractivity contribution is 8.00. The Labute approximate surface area is 209 Å². The van der Waals surface area contributed by atoms with E-state index in [2.05, 4.69) is 0 Å². The van der Waals surface area contributed by atoms with Gasteiger partial charge in [-0.15, -0.1) is 0 Å². The lowest BCUT2D eigenvalue weighted by Gasteiger charge is -2.55. The molecule has 1 heterocycles. The minimum Gasteiger partial charge on any atom is -0.480 e. The number of alkyl halides is 3. The van der Waals surface area contributed by atoms with Gasteiger partial charge in [-0.3, -0.25) is 14.5 Å². The van der Waals surface area contributed by atoms with E-state index in [9.17, 15) is 37.1 Å². The number of carboxylic acids is 1. The summed E-state index contributed by atoms with van der Waals surface area (Å²) in [6, 6.07) is 7.20. The number of aliphatic carboxylic acids is 1. The van der Waals surface area contributed by atoms with Gasteiger partial charge in [0.05, 0.1) is 0 Å². The van der Waals surface area contributed by atoms with E-state index in [1.54, 1.807) is 16.7 Å². The molecule has 0 spiro atoms. The quantitative estimate of drug-likeness (QED) is 0.288. The van der Waals surface area contributed by atoms with Crippen LogP contribution in [0, 0.1) is 11.7 Å². The highest BCUT2D eigenvalue weighted by Gasteiger charge is 2.51. The monoisotopic (exact) mass is 524 g/mol. The highest BCUT2D eigenvalue weighted by atomic mass is 32.2. The summed E-state index contributed by atoms with van der Waals surface area (Å²) < 4.78 is 52.5. The Morgan fingerprint density at radius 3 is 2.42 bits per heavy atom. The van der Waals surface area contributed by atoms with E-state index >= 15 is 0 Å². The number of hydrogen-bond acceptors (Lipinski definition) is 5. The number of halogens is 4. The number of benzene rings is 2. The summed E-state index contributed by atoms with van der Waals surface area (Å²) >= 11 is -0.271.